The number of hydrogen-bond donors (Lipinski definition) is 0. The lowest BCUT2D eigenvalue weighted by molar-refractivity contribution is -0.150. The van der Waals surface area contributed by atoms with E-state index in [1.54, 1.807) is 41.5 Å². The Morgan fingerprint density at radius 3 is 2.00 bits per heavy atom. The molecular formula is C15H24O4. The van der Waals surface area contributed by atoms with Gasteiger partial charge in [0.25, 0.3) is 0 Å². The molecule has 0 spiro atoms. The number of carbonyl (C=O) groups is 2. The fourth-order valence-corrected chi connectivity index (χ4v) is 1.31. The van der Waals surface area contributed by atoms with Crippen LogP contribution in [0.1, 0.15) is 48.0 Å². The molecule has 0 aliphatic carbocycles. The van der Waals surface area contributed by atoms with Crippen molar-refractivity contribution in [3.63, 3.8) is 0 Å². The summed E-state index contributed by atoms with van der Waals surface area (Å²) in [6, 6.07) is 0. The molecule has 0 unspecified atom stereocenters. The second-order valence-corrected chi connectivity index (χ2v) is 5.48. The van der Waals surface area contributed by atoms with Crippen LogP contribution in [0.5, 0.6) is 0 Å². The SMILES string of the molecule is C=C(CC(C(=O)OC(C)(C)C)=C(C)C)C(=O)OCC. The molecule has 0 atom stereocenters. The fraction of sp³-hybridized carbons (Fsp3) is 0.600. The number of carbonyl (C=O) groups excluding carboxylic acids is 2. The fourth-order valence-electron chi connectivity index (χ4n) is 1.31. The normalized spacial score (nSPS) is 10.6. The third-order valence-corrected chi connectivity index (χ3v) is 2.20. The quantitative estimate of drug-likeness (QED) is 0.567. The predicted molar refractivity (Wildman–Crippen MR) is 74.6 cm³/mol. The van der Waals surface area contributed by atoms with Gasteiger partial charge in [0, 0.05) is 17.6 Å². The van der Waals surface area contributed by atoms with Gasteiger partial charge in [0.2, 0.25) is 0 Å². The largest absolute Gasteiger partial charge is 0.463 e. The second kappa shape index (κ2) is 7.12. The topological polar surface area (TPSA) is 52.6 Å². The van der Waals surface area contributed by atoms with Crippen molar-refractivity contribution in [1.29, 1.82) is 0 Å². The van der Waals surface area contributed by atoms with E-state index < -0.39 is 17.5 Å². The molecule has 108 valence electrons. The smallest absolute Gasteiger partial charge is 0.334 e. The highest BCUT2D eigenvalue weighted by atomic mass is 16.6. The maximum Gasteiger partial charge on any atom is 0.334 e. The summed E-state index contributed by atoms with van der Waals surface area (Å²) in [5.74, 6) is -0.900. The number of esters is 2. The average molecular weight is 268 g/mol. The van der Waals surface area contributed by atoms with Gasteiger partial charge in [0.05, 0.1) is 6.61 Å². The summed E-state index contributed by atoms with van der Waals surface area (Å²) in [5.41, 5.74) is 0.944. The average Bonchev–Trinajstić information content (AvgIpc) is 2.22. The first-order valence-electron chi connectivity index (χ1n) is 6.33. The Morgan fingerprint density at radius 2 is 1.63 bits per heavy atom. The molecule has 0 N–H and O–H groups in total. The minimum Gasteiger partial charge on any atom is -0.463 e. The van der Waals surface area contributed by atoms with Crippen molar-refractivity contribution in [2.24, 2.45) is 0 Å². The lowest BCUT2D eigenvalue weighted by Gasteiger charge is -2.21. The Morgan fingerprint density at radius 1 is 1.11 bits per heavy atom. The molecule has 0 aromatic carbocycles. The van der Waals surface area contributed by atoms with Crippen LogP contribution >= 0.6 is 0 Å². The molecule has 0 aliphatic rings. The van der Waals surface area contributed by atoms with E-state index in [9.17, 15) is 9.59 Å². The molecular weight excluding hydrogens is 244 g/mol. The molecule has 0 heterocycles. The monoisotopic (exact) mass is 268 g/mol. The molecule has 0 aromatic heterocycles. The molecule has 0 aliphatic heterocycles. The number of allylic oxidation sites excluding steroid dienone is 1. The highest BCUT2D eigenvalue weighted by Crippen LogP contribution is 2.20. The third-order valence-electron chi connectivity index (χ3n) is 2.20. The highest BCUT2D eigenvalue weighted by Gasteiger charge is 2.22. The summed E-state index contributed by atoms with van der Waals surface area (Å²) in [6.45, 7) is 14.7. The van der Waals surface area contributed by atoms with E-state index in [1.807, 2.05) is 0 Å². The van der Waals surface area contributed by atoms with Gasteiger partial charge in [0.15, 0.2) is 0 Å². The first kappa shape index (κ1) is 17.4. The van der Waals surface area contributed by atoms with Crippen LogP contribution in [0.2, 0.25) is 0 Å². The van der Waals surface area contributed by atoms with E-state index in [0.29, 0.717) is 5.57 Å². The van der Waals surface area contributed by atoms with Gasteiger partial charge < -0.3 is 9.47 Å². The minimum absolute atomic E-state index is 0.149. The zero-order chi connectivity index (χ0) is 15.2. The van der Waals surface area contributed by atoms with Gasteiger partial charge >= 0.3 is 11.9 Å². The Labute approximate surface area is 115 Å². The van der Waals surface area contributed by atoms with E-state index in [4.69, 9.17) is 9.47 Å². The summed E-state index contributed by atoms with van der Waals surface area (Å²) in [4.78, 5) is 23.6. The molecule has 0 saturated carbocycles. The van der Waals surface area contributed by atoms with Gasteiger partial charge in [-0.2, -0.15) is 0 Å². The van der Waals surface area contributed by atoms with Crippen molar-refractivity contribution in [2.45, 2.75) is 53.6 Å². The van der Waals surface area contributed by atoms with Crippen LogP contribution < -0.4 is 0 Å². The first-order valence-corrected chi connectivity index (χ1v) is 6.33. The first-order chi connectivity index (χ1) is 8.58. The molecule has 4 nitrogen and oxygen atoms in total. The maximum absolute atomic E-state index is 12.0. The molecule has 0 amide bonds. The Hall–Kier alpha value is -1.58. The van der Waals surface area contributed by atoms with E-state index in [2.05, 4.69) is 6.58 Å². The van der Waals surface area contributed by atoms with Gasteiger partial charge in [-0.3, -0.25) is 0 Å². The molecule has 0 fully saturated rings. The van der Waals surface area contributed by atoms with Gasteiger partial charge in [-0.25, -0.2) is 9.59 Å². The van der Waals surface area contributed by atoms with Crippen molar-refractivity contribution in [1.82, 2.24) is 0 Å². The van der Waals surface area contributed by atoms with Crippen molar-refractivity contribution in [2.75, 3.05) is 6.61 Å². The highest BCUT2D eigenvalue weighted by molar-refractivity contribution is 5.94. The van der Waals surface area contributed by atoms with Crippen molar-refractivity contribution in [3.05, 3.63) is 23.3 Å². The molecule has 0 radical (unpaired) electrons. The summed E-state index contributed by atoms with van der Waals surface area (Å²) < 4.78 is 10.2. The Bertz CT molecular complexity index is 393. The lowest BCUT2D eigenvalue weighted by Crippen LogP contribution is -2.25. The zero-order valence-electron chi connectivity index (χ0n) is 12.8. The molecule has 0 aromatic rings. The molecule has 0 rings (SSSR count). The van der Waals surface area contributed by atoms with Crippen LogP contribution in [0.25, 0.3) is 0 Å². The van der Waals surface area contributed by atoms with E-state index in [1.165, 1.54) is 0 Å². The Balaban J connectivity index is 4.89. The molecule has 4 heteroatoms. The van der Waals surface area contributed by atoms with Crippen LogP contribution in [0, 0.1) is 0 Å². The molecule has 0 bridgehead atoms. The van der Waals surface area contributed by atoms with Crippen molar-refractivity contribution in [3.8, 4) is 0 Å². The molecule has 19 heavy (non-hydrogen) atoms. The lowest BCUT2D eigenvalue weighted by atomic mass is 10.0. The summed E-state index contributed by atoms with van der Waals surface area (Å²) in [7, 11) is 0. The van der Waals surface area contributed by atoms with Gasteiger partial charge in [-0.1, -0.05) is 12.2 Å². The van der Waals surface area contributed by atoms with Crippen LogP contribution in [0.4, 0.5) is 0 Å². The molecule has 0 saturated heterocycles. The number of rotatable bonds is 5. The summed E-state index contributed by atoms with van der Waals surface area (Å²) in [5, 5.41) is 0. The van der Waals surface area contributed by atoms with E-state index >= 15 is 0 Å². The standard InChI is InChI=1S/C15H24O4/c1-8-18-13(16)11(4)9-12(10(2)3)14(17)19-15(5,6)7/h4,8-9H2,1-3,5-7H3. The number of ether oxygens (including phenoxy) is 2. The number of hydrogen-bond acceptors (Lipinski definition) is 4. The van der Waals surface area contributed by atoms with E-state index in [-0.39, 0.29) is 18.6 Å². The Kier molecular flexibility index (Phi) is 6.53. The van der Waals surface area contributed by atoms with Crippen LogP contribution in [0.15, 0.2) is 23.3 Å². The van der Waals surface area contributed by atoms with Gasteiger partial charge in [0.1, 0.15) is 5.60 Å². The third kappa shape index (κ3) is 6.79. The second-order valence-electron chi connectivity index (χ2n) is 5.48. The van der Waals surface area contributed by atoms with Crippen LogP contribution in [-0.2, 0) is 19.1 Å². The van der Waals surface area contributed by atoms with Crippen LogP contribution in [0.3, 0.4) is 0 Å². The summed E-state index contributed by atoms with van der Waals surface area (Å²) >= 11 is 0. The zero-order valence-corrected chi connectivity index (χ0v) is 12.8. The predicted octanol–water partition coefficient (Wildman–Crippen LogP) is 3.17. The minimum atomic E-state index is -0.566. The van der Waals surface area contributed by atoms with E-state index in [0.717, 1.165) is 5.57 Å². The van der Waals surface area contributed by atoms with Crippen molar-refractivity contribution >= 4 is 11.9 Å². The van der Waals surface area contributed by atoms with Gasteiger partial charge in [-0.05, 0) is 41.5 Å². The summed E-state index contributed by atoms with van der Waals surface area (Å²) in [6.07, 6.45) is 0.149. The van der Waals surface area contributed by atoms with Crippen LogP contribution in [-0.4, -0.2) is 24.1 Å². The maximum atomic E-state index is 12.0. The van der Waals surface area contributed by atoms with Crippen molar-refractivity contribution < 1.29 is 19.1 Å². The van der Waals surface area contributed by atoms with Gasteiger partial charge in [-0.15, -0.1) is 0 Å².